The van der Waals surface area contributed by atoms with Gasteiger partial charge in [0.05, 0.1) is 22.4 Å². The molecule has 0 aliphatic rings. The monoisotopic (exact) mass is 804 g/mol. The van der Waals surface area contributed by atoms with Crippen molar-refractivity contribution in [2.45, 2.75) is 6.92 Å². The molecule has 0 bridgehead atoms. The first-order valence-corrected chi connectivity index (χ1v) is 21.4. The van der Waals surface area contributed by atoms with E-state index in [9.17, 15) is 0 Å². The number of aliphatic imine (C=N–C) groups is 1. The van der Waals surface area contributed by atoms with Crippen molar-refractivity contribution in [3.63, 3.8) is 0 Å². The molecule has 2 aromatic heterocycles. The van der Waals surface area contributed by atoms with Crippen LogP contribution in [0.15, 0.2) is 228 Å². The zero-order chi connectivity index (χ0) is 42.2. The molecule has 12 rings (SSSR count). The molecule has 3 heteroatoms. The molecule has 10 aromatic carbocycles. The van der Waals surface area contributed by atoms with Gasteiger partial charge in [-0.05, 0) is 121 Å². The van der Waals surface area contributed by atoms with Gasteiger partial charge >= 0.3 is 0 Å². The average molecular weight is 805 g/mol. The van der Waals surface area contributed by atoms with Gasteiger partial charge in [0.2, 0.25) is 0 Å². The largest absolute Gasteiger partial charge is 0.455 e. The Balaban J connectivity index is 1.10. The molecular formula is C60H40N2O. The number of para-hydroxylation sites is 1. The number of furan rings is 1. The quantitative estimate of drug-likeness (QED) is 0.117. The molecule has 0 saturated carbocycles. The fraction of sp³-hybridized carbons (Fsp3) is 0.0167. The van der Waals surface area contributed by atoms with E-state index in [1.54, 1.807) is 0 Å². The number of aromatic nitrogens is 1. The second kappa shape index (κ2) is 14.4. The van der Waals surface area contributed by atoms with Crippen molar-refractivity contribution >= 4 is 104 Å². The summed E-state index contributed by atoms with van der Waals surface area (Å²) in [7, 11) is 0. The predicted octanol–water partition coefficient (Wildman–Crippen LogP) is 16.4. The van der Waals surface area contributed by atoms with Gasteiger partial charge in [-0.1, -0.05) is 159 Å². The summed E-state index contributed by atoms with van der Waals surface area (Å²) in [6.45, 7) is 11.7. The van der Waals surface area contributed by atoms with Gasteiger partial charge in [-0.3, -0.25) is 4.99 Å². The smallest absolute Gasteiger partial charge is 0.145 e. The van der Waals surface area contributed by atoms with Gasteiger partial charge in [-0.2, -0.15) is 0 Å². The van der Waals surface area contributed by atoms with E-state index in [4.69, 9.17) is 22.6 Å². The lowest BCUT2D eigenvalue weighted by molar-refractivity contribution is 0.667. The Morgan fingerprint density at radius 3 is 1.79 bits per heavy atom. The third kappa shape index (κ3) is 6.01. The topological polar surface area (TPSA) is 30.4 Å². The minimum absolute atomic E-state index is 0.735. The zero-order valence-corrected chi connectivity index (χ0v) is 34.8. The van der Waals surface area contributed by atoms with E-state index in [0.29, 0.717) is 0 Å². The molecule has 0 unspecified atom stereocenters. The number of nitrogens with zero attached hydrogens (tertiary/aromatic N) is 2. The van der Waals surface area contributed by atoms with Crippen LogP contribution in [0.5, 0.6) is 0 Å². The molecule has 0 radical (unpaired) electrons. The molecule has 2 heterocycles. The van der Waals surface area contributed by atoms with Crippen molar-refractivity contribution < 1.29 is 4.42 Å². The molecule has 3 nitrogen and oxygen atoms in total. The Morgan fingerprint density at radius 2 is 1.06 bits per heavy atom. The lowest BCUT2D eigenvalue weighted by atomic mass is 9.94. The number of hydrogen-bond acceptors (Lipinski definition) is 2. The van der Waals surface area contributed by atoms with Crippen molar-refractivity contribution in [2.75, 3.05) is 0 Å². The van der Waals surface area contributed by atoms with E-state index < -0.39 is 0 Å². The van der Waals surface area contributed by atoms with Crippen LogP contribution in [0, 0.1) is 0 Å². The minimum atomic E-state index is 0.735. The molecule has 0 saturated heterocycles. The summed E-state index contributed by atoms with van der Waals surface area (Å²) in [6.07, 6.45) is 2.09. The maximum absolute atomic E-state index is 6.89. The van der Waals surface area contributed by atoms with Crippen LogP contribution >= 0.6 is 0 Å². The van der Waals surface area contributed by atoms with E-state index in [-0.39, 0.29) is 0 Å². The van der Waals surface area contributed by atoms with Crippen molar-refractivity contribution in [1.29, 1.82) is 0 Å². The van der Waals surface area contributed by atoms with Crippen molar-refractivity contribution in [2.24, 2.45) is 4.99 Å². The third-order valence-corrected chi connectivity index (χ3v) is 12.8. The van der Waals surface area contributed by atoms with E-state index in [1.165, 1.54) is 48.5 Å². The van der Waals surface area contributed by atoms with Crippen LogP contribution < -0.4 is 0 Å². The summed E-state index contributed by atoms with van der Waals surface area (Å²) >= 11 is 0. The molecule has 0 spiro atoms. The van der Waals surface area contributed by atoms with Crippen molar-refractivity contribution in [1.82, 2.24) is 4.57 Å². The van der Waals surface area contributed by atoms with Gasteiger partial charge < -0.3 is 8.98 Å². The van der Waals surface area contributed by atoms with Gasteiger partial charge in [0.25, 0.3) is 0 Å². The van der Waals surface area contributed by atoms with E-state index in [1.807, 2.05) is 12.1 Å². The van der Waals surface area contributed by atoms with E-state index >= 15 is 0 Å². The highest BCUT2D eigenvalue weighted by atomic mass is 16.3. The van der Waals surface area contributed by atoms with Gasteiger partial charge in [0, 0.05) is 38.4 Å². The summed E-state index contributed by atoms with van der Waals surface area (Å²) in [5, 5.41) is 14.0. The van der Waals surface area contributed by atoms with Crippen LogP contribution in [0.1, 0.15) is 23.6 Å². The predicted molar refractivity (Wildman–Crippen MR) is 269 cm³/mol. The first-order chi connectivity index (χ1) is 31.0. The molecule has 63 heavy (non-hydrogen) atoms. The number of fused-ring (bicyclic) bond motifs is 11. The molecule has 0 atom stereocenters. The van der Waals surface area contributed by atoms with Crippen LogP contribution in [-0.4, -0.2) is 10.3 Å². The second-order valence-electron chi connectivity index (χ2n) is 16.5. The zero-order valence-electron chi connectivity index (χ0n) is 34.8. The lowest BCUT2D eigenvalue weighted by Gasteiger charge is -2.17. The lowest BCUT2D eigenvalue weighted by Crippen LogP contribution is -2.01. The highest BCUT2D eigenvalue weighted by molar-refractivity contribution is 6.24. The summed E-state index contributed by atoms with van der Waals surface area (Å²) in [5.74, 6) is 0. The van der Waals surface area contributed by atoms with Crippen LogP contribution in [0.3, 0.4) is 0 Å². The molecule has 0 amide bonds. The molecule has 0 N–H and O–H groups in total. The van der Waals surface area contributed by atoms with Crippen LogP contribution in [0.2, 0.25) is 0 Å². The van der Waals surface area contributed by atoms with Gasteiger partial charge in [0.15, 0.2) is 0 Å². The van der Waals surface area contributed by atoms with E-state index in [2.05, 4.69) is 200 Å². The van der Waals surface area contributed by atoms with E-state index in [0.717, 1.165) is 83.3 Å². The standard InChI is InChI=1S/C60H40N2O/c1-37(32-53(48-27-25-41-15-5-7-18-45(41)34-48)61-39(3)43-26-24-40-14-4-6-17-44(40)33-43)38(2)58-54(31-29-51-50-22-12-13-23-57(50)63-60(51)58)62-55-30-28-42-16-10-11-21-49(42)59(55)52-35-46-19-8-9-20-47(46)36-56(52)62/h4-36H,1-2H2,3H3/b53-32+,61-39+. The van der Waals surface area contributed by atoms with Crippen LogP contribution in [0.25, 0.3) is 104 Å². The fourth-order valence-corrected chi connectivity index (χ4v) is 9.59. The van der Waals surface area contributed by atoms with Crippen LogP contribution in [-0.2, 0) is 0 Å². The molecule has 296 valence electrons. The highest BCUT2D eigenvalue weighted by Gasteiger charge is 2.24. The van der Waals surface area contributed by atoms with Gasteiger partial charge in [-0.25, -0.2) is 0 Å². The summed E-state index contributed by atoms with van der Waals surface area (Å²) in [6, 6.07) is 69.1. The maximum atomic E-state index is 6.89. The highest BCUT2D eigenvalue weighted by Crippen LogP contribution is 2.44. The maximum Gasteiger partial charge on any atom is 0.145 e. The minimum Gasteiger partial charge on any atom is -0.455 e. The summed E-state index contributed by atoms with van der Waals surface area (Å²) < 4.78 is 9.29. The Labute approximate surface area is 364 Å². The normalized spacial score (nSPS) is 12.5. The first-order valence-electron chi connectivity index (χ1n) is 21.4. The van der Waals surface area contributed by atoms with Crippen LogP contribution in [0.4, 0.5) is 0 Å². The Kier molecular flexibility index (Phi) is 8.38. The van der Waals surface area contributed by atoms with Crippen molar-refractivity contribution in [3.05, 3.63) is 236 Å². The molecule has 0 fully saturated rings. The Bertz CT molecular complexity index is 3960. The third-order valence-electron chi connectivity index (χ3n) is 12.8. The molecule has 0 aliphatic heterocycles. The second-order valence-corrected chi connectivity index (χ2v) is 16.5. The van der Waals surface area contributed by atoms with Gasteiger partial charge in [-0.15, -0.1) is 0 Å². The summed E-state index contributed by atoms with van der Waals surface area (Å²) in [4.78, 5) is 5.40. The summed E-state index contributed by atoms with van der Waals surface area (Å²) in [5.41, 5.74) is 10.9. The SMILES string of the molecule is C=C(/C=C(/N=C(\C)c1ccc2ccccc2c1)c1ccc2ccccc2c1)C(=C)c1c(-n2c3cc4ccccc4cc3c3c4ccccc4ccc32)ccc2c1oc1ccccc12. The number of rotatable bonds is 7. The van der Waals surface area contributed by atoms with Crippen molar-refractivity contribution in [3.8, 4) is 5.69 Å². The van der Waals surface area contributed by atoms with Gasteiger partial charge in [0.1, 0.15) is 11.2 Å². The molecular weight excluding hydrogens is 765 g/mol. The first kappa shape index (κ1) is 36.6. The number of allylic oxidation sites excluding steroid dienone is 3. The Morgan fingerprint density at radius 1 is 0.492 bits per heavy atom. The average Bonchev–Trinajstić information content (AvgIpc) is 3.87. The Hall–Kier alpha value is -8.27. The fourth-order valence-electron chi connectivity index (χ4n) is 9.59. The molecule has 0 aliphatic carbocycles. The molecule has 12 aromatic rings. The number of hydrogen-bond donors (Lipinski definition) is 0. The number of benzene rings is 10.